The minimum atomic E-state index is -0.278. The topological polar surface area (TPSA) is 81.1 Å². The number of likely N-dealkylation sites (N-methyl/N-ethyl adjacent to an activating group) is 1. The van der Waals surface area contributed by atoms with Gasteiger partial charge in [0, 0.05) is 17.2 Å². The first-order valence-electron chi connectivity index (χ1n) is 5.42. The molecule has 0 aliphatic heterocycles. The fourth-order valence-corrected chi connectivity index (χ4v) is 1.92. The molecule has 0 saturated heterocycles. The zero-order chi connectivity index (χ0) is 13.1. The summed E-state index contributed by atoms with van der Waals surface area (Å²) < 4.78 is 5.99. The highest BCUT2D eigenvalue weighted by Gasteiger charge is 2.17. The predicted molar refractivity (Wildman–Crippen MR) is 70.7 cm³/mol. The quantitative estimate of drug-likeness (QED) is 0.920. The Bertz CT molecular complexity index is 528. The molecule has 1 atom stereocenters. The Balaban J connectivity index is 2.23. The van der Waals surface area contributed by atoms with Gasteiger partial charge in [0.2, 0.25) is 0 Å². The fourth-order valence-electron chi connectivity index (χ4n) is 1.50. The molecule has 0 fully saturated rings. The van der Waals surface area contributed by atoms with Gasteiger partial charge < -0.3 is 15.2 Å². The van der Waals surface area contributed by atoms with Gasteiger partial charge in [0.15, 0.2) is 5.82 Å². The van der Waals surface area contributed by atoms with Crippen LogP contribution in [0.15, 0.2) is 27.3 Å². The molecule has 0 aliphatic rings. The lowest BCUT2D eigenvalue weighted by atomic mass is 10.3. The van der Waals surface area contributed by atoms with Gasteiger partial charge in [-0.3, -0.25) is 0 Å². The number of nitrogens with two attached hydrogens (primary N) is 1. The molecule has 0 aliphatic carbocycles. The van der Waals surface area contributed by atoms with Crippen molar-refractivity contribution in [2.24, 2.45) is 5.73 Å². The van der Waals surface area contributed by atoms with E-state index in [0.29, 0.717) is 24.0 Å². The number of rotatable bonds is 4. The van der Waals surface area contributed by atoms with Crippen LogP contribution in [0.2, 0.25) is 0 Å². The minimum Gasteiger partial charge on any atom is -0.332 e. The van der Waals surface area contributed by atoms with E-state index < -0.39 is 0 Å². The summed E-state index contributed by atoms with van der Waals surface area (Å²) in [6.45, 7) is 0.655. The molecule has 96 valence electrons. The van der Waals surface area contributed by atoms with Crippen LogP contribution in [-0.4, -0.2) is 40.7 Å². The predicted octanol–water partition coefficient (Wildman–Crippen LogP) is 1.46. The maximum absolute atomic E-state index is 5.97. The van der Waals surface area contributed by atoms with Gasteiger partial charge in [-0.05, 0) is 42.2 Å². The Kier molecular flexibility index (Phi) is 4.05. The van der Waals surface area contributed by atoms with E-state index in [-0.39, 0.29) is 6.04 Å². The van der Waals surface area contributed by atoms with Crippen molar-refractivity contribution >= 4 is 15.9 Å². The molecule has 2 N–H and O–H groups in total. The summed E-state index contributed by atoms with van der Waals surface area (Å²) >= 11 is 3.39. The lowest BCUT2D eigenvalue weighted by Gasteiger charge is -2.12. The number of halogens is 1. The van der Waals surface area contributed by atoms with Crippen LogP contribution in [0.1, 0.15) is 11.9 Å². The van der Waals surface area contributed by atoms with Crippen molar-refractivity contribution in [3.8, 4) is 11.6 Å². The highest BCUT2D eigenvalue weighted by Crippen LogP contribution is 2.24. The van der Waals surface area contributed by atoms with Crippen LogP contribution in [0.3, 0.4) is 0 Å². The summed E-state index contributed by atoms with van der Waals surface area (Å²) in [4.78, 5) is 10.4. The van der Waals surface area contributed by atoms with Gasteiger partial charge in [0.05, 0.1) is 6.04 Å². The van der Waals surface area contributed by atoms with Crippen LogP contribution < -0.4 is 5.73 Å². The van der Waals surface area contributed by atoms with Crippen LogP contribution in [0.5, 0.6) is 0 Å². The Morgan fingerprint density at radius 2 is 2.28 bits per heavy atom. The van der Waals surface area contributed by atoms with Gasteiger partial charge in [-0.1, -0.05) is 5.16 Å². The van der Waals surface area contributed by atoms with Crippen LogP contribution in [0.4, 0.5) is 0 Å². The molecule has 18 heavy (non-hydrogen) atoms. The third-order valence-electron chi connectivity index (χ3n) is 2.30. The van der Waals surface area contributed by atoms with E-state index in [1.807, 2.05) is 31.1 Å². The van der Waals surface area contributed by atoms with Crippen LogP contribution in [-0.2, 0) is 0 Å². The van der Waals surface area contributed by atoms with Crippen molar-refractivity contribution in [1.29, 1.82) is 0 Å². The summed E-state index contributed by atoms with van der Waals surface area (Å²) in [6, 6.07) is 3.41. The molecule has 0 radical (unpaired) electrons. The molecule has 2 heterocycles. The Labute approximate surface area is 113 Å². The van der Waals surface area contributed by atoms with Gasteiger partial charge in [-0.2, -0.15) is 4.98 Å². The highest BCUT2D eigenvalue weighted by molar-refractivity contribution is 9.10. The Morgan fingerprint density at radius 3 is 2.94 bits per heavy atom. The van der Waals surface area contributed by atoms with E-state index in [0.717, 1.165) is 4.47 Å². The van der Waals surface area contributed by atoms with Gasteiger partial charge in [0.25, 0.3) is 5.89 Å². The molecular weight excluding hydrogens is 298 g/mol. The molecule has 2 aromatic rings. The third kappa shape index (κ3) is 2.92. The lowest BCUT2D eigenvalue weighted by Crippen LogP contribution is -2.26. The van der Waals surface area contributed by atoms with Crippen molar-refractivity contribution in [1.82, 2.24) is 20.0 Å². The first-order chi connectivity index (χ1) is 8.58. The molecule has 0 bridgehead atoms. The van der Waals surface area contributed by atoms with Crippen LogP contribution in [0.25, 0.3) is 11.6 Å². The second kappa shape index (κ2) is 5.55. The molecule has 0 saturated carbocycles. The number of hydrogen-bond donors (Lipinski definition) is 1. The van der Waals surface area contributed by atoms with Crippen LogP contribution >= 0.6 is 15.9 Å². The maximum Gasteiger partial charge on any atom is 0.277 e. The normalized spacial score (nSPS) is 12.9. The Morgan fingerprint density at radius 1 is 1.50 bits per heavy atom. The molecule has 1 unspecified atom stereocenters. The minimum absolute atomic E-state index is 0.278. The van der Waals surface area contributed by atoms with E-state index in [1.165, 1.54) is 0 Å². The van der Waals surface area contributed by atoms with E-state index in [2.05, 4.69) is 31.1 Å². The fraction of sp³-hybridized carbons (Fsp3) is 0.364. The third-order valence-corrected chi connectivity index (χ3v) is 2.94. The SMILES string of the molecule is CN(C)CC(N)c1noc(-c2ncccc2Br)n1. The second-order valence-corrected chi connectivity index (χ2v) is 5.01. The van der Waals surface area contributed by atoms with Crippen LogP contribution in [0, 0.1) is 0 Å². The molecule has 0 amide bonds. The molecule has 0 spiro atoms. The number of pyridine rings is 1. The average Bonchev–Trinajstić information content (AvgIpc) is 2.78. The molecular formula is C11H14BrN5O. The van der Waals surface area contributed by atoms with E-state index in [1.54, 1.807) is 6.20 Å². The van der Waals surface area contributed by atoms with Gasteiger partial charge in [-0.15, -0.1) is 0 Å². The zero-order valence-corrected chi connectivity index (χ0v) is 11.8. The standard InChI is InChI=1S/C11H14BrN5O/c1-17(2)6-8(13)10-15-11(18-16-10)9-7(12)4-3-5-14-9/h3-5,8H,6,13H2,1-2H3. The van der Waals surface area contributed by atoms with Crippen molar-refractivity contribution in [3.05, 3.63) is 28.6 Å². The first-order valence-corrected chi connectivity index (χ1v) is 6.22. The molecule has 2 aromatic heterocycles. The second-order valence-electron chi connectivity index (χ2n) is 4.16. The smallest absolute Gasteiger partial charge is 0.277 e. The molecule has 2 rings (SSSR count). The van der Waals surface area contributed by atoms with E-state index in [9.17, 15) is 0 Å². The maximum atomic E-state index is 5.97. The highest BCUT2D eigenvalue weighted by atomic mass is 79.9. The monoisotopic (exact) mass is 311 g/mol. The molecule has 6 nitrogen and oxygen atoms in total. The summed E-state index contributed by atoms with van der Waals surface area (Å²) in [5.41, 5.74) is 6.59. The summed E-state index contributed by atoms with van der Waals surface area (Å²) in [7, 11) is 3.88. The molecule has 0 aromatic carbocycles. The zero-order valence-electron chi connectivity index (χ0n) is 10.2. The summed E-state index contributed by atoms with van der Waals surface area (Å²) in [6.07, 6.45) is 1.67. The van der Waals surface area contributed by atoms with Crippen molar-refractivity contribution in [3.63, 3.8) is 0 Å². The average molecular weight is 312 g/mol. The van der Waals surface area contributed by atoms with E-state index in [4.69, 9.17) is 10.3 Å². The number of nitrogens with zero attached hydrogens (tertiary/aromatic N) is 4. The number of aromatic nitrogens is 3. The van der Waals surface area contributed by atoms with Crippen molar-refractivity contribution in [2.45, 2.75) is 6.04 Å². The van der Waals surface area contributed by atoms with Gasteiger partial charge >= 0.3 is 0 Å². The molecule has 7 heteroatoms. The van der Waals surface area contributed by atoms with Gasteiger partial charge in [-0.25, -0.2) is 4.98 Å². The summed E-state index contributed by atoms with van der Waals surface area (Å²) in [5.74, 6) is 0.850. The first kappa shape index (κ1) is 13.1. The largest absolute Gasteiger partial charge is 0.332 e. The summed E-state index contributed by atoms with van der Waals surface area (Å²) in [5, 5.41) is 3.89. The lowest BCUT2D eigenvalue weighted by molar-refractivity contribution is 0.357. The Hall–Kier alpha value is -1.31. The number of hydrogen-bond acceptors (Lipinski definition) is 6. The van der Waals surface area contributed by atoms with E-state index >= 15 is 0 Å². The van der Waals surface area contributed by atoms with Crippen molar-refractivity contribution < 1.29 is 4.52 Å². The van der Waals surface area contributed by atoms with Crippen molar-refractivity contribution in [2.75, 3.05) is 20.6 Å². The van der Waals surface area contributed by atoms with Gasteiger partial charge in [0.1, 0.15) is 5.69 Å².